The molecule has 3 aromatic heterocycles. The van der Waals surface area contributed by atoms with E-state index in [0.29, 0.717) is 33.7 Å². The number of aliphatic hydroxyl groups excluding tert-OH is 1. The van der Waals surface area contributed by atoms with Crippen LogP contribution in [0.1, 0.15) is 24.4 Å². The Bertz CT molecular complexity index is 1120. The highest BCUT2D eigenvalue weighted by Gasteiger charge is 2.14. The number of hydrogen-bond acceptors (Lipinski definition) is 5. The molecule has 6 nitrogen and oxygen atoms in total. The lowest BCUT2D eigenvalue weighted by molar-refractivity contribution is 0.276. The Hall–Kier alpha value is -3.16. The molecule has 1 atom stereocenters. The summed E-state index contributed by atoms with van der Waals surface area (Å²) in [6, 6.07) is 13.8. The van der Waals surface area contributed by atoms with Gasteiger partial charge in [0.25, 0.3) is 0 Å². The van der Waals surface area contributed by atoms with Crippen molar-refractivity contribution in [3.8, 4) is 17.1 Å². The molecule has 3 N–H and O–H groups in total. The van der Waals surface area contributed by atoms with Gasteiger partial charge < -0.3 is 10.8 Å². The first-order valence-electron chi connectivity index (χ1n) is 8.54. The summed E-state index contributed by atoms with van der Waals surface area (Å²) in [5.41, 5.74) is 8.99. The molecular weight excluding hydrogens is 345 g/mol. The van der Waals surface area contributed by atoms with E-state index >= 15 is 0 Å². The van der Waals surface area contributed by atoms with Gasteiger partial charge in [-0.3, -0.25) is 4.98 Å². The molecule has 136 valence electrons. The standard InChI is InChI=1S/C20H18FN5O/c1-12(22)17-5-3-6-18(25-17)13-8-16(21)15-10-23-26(19(15)9-13)20-7-2-4-14(11-27)24-20/h2-10,12,27H,11,22H2,1H3/t12-/m0/s1. The van der Waals surface area contributed by atoms with Crippen molar-refractivity contribution in [2.45, 2.75) is 19.6 Å². The fraction of sp³-hybridized carbons (Fsp3) is 0.150. The van der Waals surface area contributed by atoms with Crippen LogP contribution in [0.3, 0.4) is 0 Å². The van der Waals surface area contributed by atoms with Crippen LogP contribution in [-0.2, 0) is 6.61 Å². The van der Waals surface area contributed by atoms with Gasteiger partial charge in [-0.2, -0.15) is 5.10 Å². The van der Waals surface area contributed by atoms with Gasteiger partial charge in [-0.05, 0) is 43.3 Å². The Kier molecular flexibility index (Phi) is 4.39. The highest BCUT2D eigenvalue weighted by molar-refractivity contribution is 5.85. The van der Waals surface area contributed by atoms with Crippen LogP contribution in [0.5, 0.6) is 0 Å². The first kappa shape index (κ1) is 17.3. The molecule has 3 heterocycles. The molecule has 4 aromatic rings. The van der Waals surface area contributed by atoms with E-state index in [2.05, 4.69) is 15.1 Å². The third-order valence-electron chi connectivity index (χ3n) is 4.34. The topological polar surface area (TPSA) is 89.8 Å². The average Bonchev–Trinajstić information content (AvgIpc) is 3.12. The van der Waals surface area contributed by atoms with Gasteiger partial charge in [0, 0.05) is 11.6 Å². The monoisotopic (exact) mass is 363 g/mol. The first-order valence-corrected chi connectivity index (χ1v) is 8.54. The van der Waals surface area contributed by atoms with E-state index in [1.807, 2.05) is 31.2 Å². The number of nitrogens with two attached hydrogens (primary N) is 1. The SMILES string of the molecule is C[C@H](N)c1cccc(-c2cc(F)c3cnn(-c4cccc(CO)n4)c3c2)n1. The van der Waals surface area contributed by atoms with Gasteiger partial charge in [0.05, 0.1) is 40.8 Å². The molecule has 0 aliphatic carbocycles. The van der Waals surface area contributed by atoms with Crippen LogP contribution in [0.15, 0.2) is 54.7 Å². The van der Waals surface area contributed by atoms with Gasteiger partial charge in [0.2, 0.25) is 0 Å². The molecule has 0 fully saturated rings. The summed E-state index contributed by atoms with van der Waals surface area (Å²) in [4.78, 5) is 8.88. The van der Waals surface area contributed by atoms with Crippen LogP contribution < -0.4 is 5.73 Å². The van der Waals surface area contributed by atoms with Gasteiger partial charge >= 0.3 is 0 Å². The van der Waals surface area contributed by atoms with E-state index in [4.69, 9.17) is 5.73 Å². The zero-order valence-electron chi connectivity index (χ0n) is 14.7. The van der Waals surface area contributed by atoms with Gasteiger partial charge in [-0.25, -0.2) is 14.1 Å². The molecule has 0 amide bonds. The lowest BCUT2D eigenvalue weighted by Gasteiger charge is -2.09. The van der Waals surface area contributed by atoms with Gasteiger partial charge in [-0.1, -0.05) is 12.1 Å². The maximum Gasteiger partial charge on any atom is 0.154 e. The third kappa shape index (κ3) is 3.18. The molecule has 0 bridgehead atoms. The van der Waals surface area contributed by atoms with Gasteiger partial charge in [-0.15, -0.1) is 0 Å². The number of hydrogen-bond donors (Lipinski definition) is 2. The highest BCUT2D eigenvalue weighted by Crippen LogP contribution is 2.28. The third-order valence-corrected chi connectivity index (χ3v) is 4.34. The smallest absolute Gasteiger partial charge is 0.154 e. The molecule has 1 aromatic carbocycles. The Balaban J connectivity index is 1.89. The quantitative estimate of drug-likeness (QED) is 0.581. The number of pyridine rings is 2. The van der Waals surface area contributed by atoms with Crippen LogP contribution in [-0.4, -0.2) is 24.9 Å². The van der Waals surface area contributed by atoms with Crippen LogP contribution in [0, 0.1) is 5.82 Å². The molecule has 0 radical (unpaired) electrons. The molecule has 0 unspecified atom stereocenters. The Labute approximate surface area is 155 Å². The van der Waals surface area contributed by atoms with Crippen molar-refractivity contribution >= 4 is 10.9 Å². The zero-order chi connectivity index (χ0) is 19.0. The van der Waals surface area contributed by atoms with Crippen LogP contribution >= 0.6 is 0 Å². The van der Waals surface area contributed by atoms with Crippen molar-refractivity contribution in [3.63, 3.8) is 0 Å². The van der Waals surface area contributed by atoms with Crippen molar-refractivity contribution in [1.29, 1.82) is 0 Å². The van der Waals surface area contributed by atoms with Crippen LogP contribution in [0.4, 0.5) is 4.39 Å². The summed E-state index contributed by atoms with van der Waals surface area (Å²) in [7, 11) is 0. The van der Waals surface area contributed by atoms with E-state index in [1.54, 1.807) is 22.9 Å². The molecule has 0 aliphatic heterocycles. The largest absolute Gasteiger partial charge is 0.390 e. The molecule has 27 heavy (non-hydrogen) atoms. The summed E-state index contributed by atoms with van der Waals surface area (Å²) < 4.78 is 16.3. The minimum atomic E-state index is -0.389. The van der Waals surface area contributed by atoms with E-state index in [1.165, 1.54) is 12.3 Å². The molecule has 4 rings (SSSR count). The Morgan fingerprint density at radius 1 is 1.15 bits per heavy atom. The number of benzene rings is 1. The maximum absolute atomic E-state index is 14.7. The number of aromatic nitrogens is 4. The number of fused-ring (bicyclic) bond motifs is 1. The van der Waals surface area contributed by atoms with Gasteiger partial charge in [0.1, 0.15) is 5.82 Å². The van der Waals surface area contributed by atoms with E-state index < -0.39 is 0 Å². The van der Waals surface area contributed by atoms with Crippen LogP contribution in [0.25, 0.3) is 28.0 Å². The molecule has 0 saturated carbocycles. The zero-order valence-corrected chi connectivity index (χ0v) is 14.7. The predicted molar refractivity (Wildman–Crippen MR) is 101 cm³/mol. The van der Waals surface area contributed by atoms with Crippen LogP contribution in [0.2, 0.25) is 0 Å². The summed E-state index contributed by atoms with van der Waals surface area (Å²) in [5.74, 6) is 0.116. The minimum absolute atomic E-state index is 0.180. The fourth-order valence-electron chi connectivity index (χ4n) is 2.95. The number of halogens is 1. The molecule has 0 aliphatic rings. The second-order valence-electron chi connectivity index (χ2n) is 6.33. The predicted octanol–water partition coefficient (Wildman–Crippen LogP) is 3.13. The number of aliphatic hydroxyl groups is 1. The molecule has 0 saturated heterocycles. The highest BCUT2D eigenvalue weighted by atomic mass is 19.1. The second kappa shape index (κ2) is 6.86. The van der Waals surface area contributed by atoms with E-state index in [9.17, 15) is 9.50 Å². The first-order chi connectivity index (χ1) is 13.1. The molecule has 7 heteroatoms. The van der Waals surface area contributed by atoms with Gasteiger partial charge in [0.15, 0.2) is 5.82 Å². The van der Waals surface area contributed by atoms with Crippen molar-refractivity contribution in [3.05, 3.63) is 71.9 Å². The number of nitrogens with zero attached hydrogens (tertiary/aromatic N) is 4. The lowest BCUT2D eigenvalue weighted by atomic mass is 10.1. The molecule has 0 spiro atoms. The summed E-state index contributed by atoms with van der Waals surface area (Å²) in [6.07, 6.45) is 1.47. The van der Waals surface area contributed by atoms with Crippen molar-refractivity contribution in [2.75, 3.05) is 0 Å². The Morgan fingerprint density at radius 2 is 1.96 bits per heavy atom. The van der Waals surface area contributed by atoms with E-state index in [0.717, 1.165) is 5.69 Å². The van der Waals surface area contributed by atoms with Crippen molar-refractivity contribution in [2.24, 2.45) is 5.73 Å². The Morgan fingerprint density at radius 3 is 2.74 bits per heavy atom. The number of rotatable bonds is 4. The van der Waals surface area contributed by atoms with Crippen molar-refractivity contribution in [1.82, 2.24) is 19.7 Å². The average molecular weight is 363 g/mol. The molecular formula is C20H18FN5O. The normalized spacial score (nSPS) is 12.4. The maximum atomic E-state index is 14.7. The summed E-state index contributed by atoms with van der Waals surface area (Å²) >= 11 is 0. The van der Waals surface area contributed by atoms with E-state index in [-0.39, 0.29) is 18.5 Å². The second-order valence-corrected chi connectivity index (χ2v) is 6.33. The summed E-state index contributed by atoms with van der Waals surface area (Å²) in [6.45, 7) is 1.67. The van der Waals surface area contributed by atoms with Crippen molar-refractivity contribution < 1.29 is 9.50 Å². The fourth-order valence-corrected chi connectivity index (χ4v) is 2.95. The summed E-state index contributed by atoms with van der Waals surface area (Å²) in [5, 5.41) is 14.0. The minimum Gasteiger partial charge on any atom is -0.390 e. The lowest BCUT2D eigenvalue weighted by Crippen LogP contribution is -2.07.